The molecule has 128 valence electrons. The number of amides is 1. The van der Waals surface area contributed by atoms with Crippen LogP contribution in [0.1, 0.15) is 24.2 Å². The number of ether oxygens (including phenoxy) is 1. The molecule has 1 saturated heterocycles. The van der Waals surface area contributed by atoms with E-state index in [1.54, 1.807) is 10.9 Å². The highest BCUT2D eigenvalue weighted by Crippen LogP contribution is 2.11. The van der Waals surface area contributed by atoms with Crippen molar-refractivity contribution in [2.45, 2.75) is 26.1 Å². The summed E-state index contributed by atoms with van der Waals surface area (Å²) in [5.41, 5.74) is 1.52. The van der Waals surface area contributed by atoms with Gasteiger partial charge in [-0.1, -0.05) is 6.07 Å². The molecule has 6 nitrogen and oxygen atoms in total. The molecule has 0 bridgehead atoms. The Kier molecular flexibility index (Phi) is 5.27. The summed E-state index contributed by atoms with van der Waals surface area (Å²) in [7, 11) is 0. The lowest BCUT2D eigenvalue weighted by Crippen LogP contribution is -2.47. The van der Waals surface area contributed by atoms with E-state index in [0.717, 1.165) is 25.3 Å². The third-order valence-electron chi connectivity index (χ3n) is 4.09. The Morgan fingerprint density at radius 2 is 2.08 bits per heavy atom. The SMILES string of the molecule is C[C@@H]1CN(CCNC(=O)c2cccc(-n3cccn3)c2)C[C@H](C)O1. The van der Waals surface area contributed by atoms with E-state index in [9.17, 15) is 4.79 Å². The number of nitrogens with zero attached hydrogens (tertiary/aromatic N) is 3. The minimum Gasteiger partial charge on any atom is -0.373 e. The maximum absolute atomic E-state index is 12.4. The fraction of sp³-hybridized carbons (Fsp3) is 0.444. The molecule has 1 aromatic carbocycles. The molecule has 1 aliphatic rings. The maximum atomic E-state index is 12.4. The van der Waals surface area contributed by atoms with Gasteiger partial charge >= 0.3 is 0 Å². The molecule has 0 radical (unpaired) electrons. The quantitative estimate of drug-likeness (QED) is 0.908. The summed E-state index contributed by atoms with van der Waals surface area (Å²) in [4.78, 5) is 14.7. The first-order valence-electron chi connectivity index (χ1n) is 8.38. The van der Waals surface area contributed by atoms with Gasteiger partial charge in [-0.3, -0.25) is 9.69 Å². The van der Waals surface area contributed by atoms with Gasteiger partial charge in [0.25, 0.3) is 5.91 Å². The van der Waals surface area contributed by atoms with E-state index in [-0.39, 0.29) is 18.1 Å². The zero-order valence-electron chi connectivity index (χ0n) is 14.2. The van der Waals surface area contributed by atoms with Gasteiger partial charge in [0, 0.05) is 44.1 Å². The Morgan fingerprint density at radius 1 is 1.29 bits per heavy atom. The van der Waals surface area contributed by atoms with E-state index < -0.39 is 0 Å². The molecular formula is C18H24N4O2. The van der Waals surface area contributed by atoms with Gasteiger partial charge in [0.1, 0.15) is 0 Å². The van der Waals surface area contributed by atoms with Crippen LogP contribution in [0.5, 0.6) is 0 Å². The zero-order valence-corrected chi connectivity index (χ0v) is 14.2. The third-order valence-corrected chi connectivity index (χ3v) is 4.09. The first-order valence-corrected chi connectivity index (χ1v) is 8.38. The minimum absolute atomic E-state index is 0.0571. The van der Waals surface area contributed by atoms with Crippen molar-refractivity contribution in [1.29, 1.82) is 0 Å². The summed E-state index contributed by atoms with van der Waals surface area (Å²) in [6.45, 7) is 7.46. The Morgan fingerprint density at radius 3 is 2.79 bits per heavy atom. The highest BCUT2D eigenvalue weighted by atomic mass is 16.5. The largest absolute Gasteiger partial charge is 0.373 e. The van der Waals surface area contributed by atoms with E-state index >= 15 is 0 Å². The molecule has 0 aliphatic carbocycles. The first-order chi connectivity index (χ1) is 11.6. The lowest BCUT2D eigenvalue weighted by Gasteiger charge is -2.35. The number of hydrogen-bond donors (Lipinski definition) is 1. The summed E-state index contributed by atoms with van der Waals surface area (Å²) < 4.78 is 7.47. The van der Waals surface area contributed by atoms with Gasteiger partial charge in [-0.05, 0) is 38.1 Å². The number of aromatic nitrogens is 2. The molecular weight excluding hydrogens is 304 g/mol. The molecule has 2 heterocycles. The van der Waals surface area contributed by atoms with E-state index in [4.69, 9.17) is 4.74 Å². The number of rotatable bonds is 5. The summed E-state index contributed by atoms with van der Waals surface area (Å²) in [5.74, 6) is -0.0571. The van der Waals surface area contributed by atoms with Gasteiger partial charge in [-0.15, -0.1) is 0 Å². The molecule has 0 saturated carbocycles. The van der Waals surface area contributed by atoms with Crippen molar-refractivity contribution >= 4 is 5.91 Å². The molecule has 3 rings (SSSR count). The van der Waals surface area contributed by atoms with Crippen LogP contribution in [0.25, 0.3) is 5.69 Å². The molecule has 1 fully saturated rings. The van der Waals surface area contributed by atoms with Crippen LogP contribution in [0.15, 0.2) is 42.7 Å². The number of benzene rings is 1. The summed E-state index contributed by atoms with van der Waals surface area (Å²) in [6, 6.07) is 9.33. The lowest BCUT2D eigenvalue weighted by molar-refractivity contribution is -0.0672. The second-order valence-corrected chi connectivity index (χ2v) is 6.27. The van der Waals surface area contributed by atoms with Crippen LogP contribution in [0.4, 0.5) is 0 Å². The molecule has 1 N–H and O–H groups in total. The third kappa shape index (κ3) is 4.21. The number of carbonyl (C=O) groups is 1. The molecule has 1 aromatic heterocycles. The average molecular weight is 328 g/mol. The van der Waals surface area contributed by atoms with Gasteiger partial charge in [0.05, 0.1) is 17.9 Å². The second-order valence-electron chi connectivity index (χ2n) is 6.27. The van der Waals surface area contributed by atoms with E-state index in [2.05, 4.69) is 29.2 Å². The molecule has 1 amide bonds. The standard InChI is InChI=1S/C18H24N4O2/c1-14-12-21(13-15(2)24-14)10-8-19-18(23)16-5-3-6-17(11-16)22-9-4-7-20-22/h3-7,9,11,14-15H,8,10,12-13H2,1-2H3,(H,19,23)/t14-,15+. The topological polar surface area (TPSA) is 59.4 Å². The van der Waals surface area contributed by atoms with Crippen LogP contribution in [0.3, 0.4) is 0 Å². The Labute approximate surface area is 142 Å². The predicted molar refractivity (Wildman–Crippen MR) is 92.3 cm³/mol. The van der Waals surface area contributed by atoms with Crippen LogP contribution in [-0.2, 0) is 4.74 Å². The zero-order chi connectivity index (χ0) is 16.9. The molecule has 2 aromatic rings. The minimum atomic E-state index is -0.0571. The van der Waals surface area contributed by atoms with Crippen LogP contribution in [0, 0.1) is 0 Å². The lowest BCUT2D eigenvalue weighted by atomic mass is 10.2. The normalized spacial score (nSPS) is 21.6. The maximum Gasteiger partial charge on any atom is 0.251 e. The Balaban J connectivity index is 1.53. The fourth-order valence-electron chi connectivity index (χ4n) is 3.11. The molecule has 1 aliphatic heterocycles. The number of nitrogens with one attached hydrogen (secondary N) is 1. The average Bonchev–Trinajstić information content (AvgIpc) is 3.08. The molecule has 0 unspecified atom stereocenters. The fourth-order valence-corrected chi connectivity index (χ4v) is 3.11. The van der Waals surface area contributed by atoms with Gasteiger partial charge in [-0.25, -0.2) is 4.68 Å². The van der Waals surface area contributed by atoms with E-state index in [1.165, 1.54) is 0 Å². The molecule has 2 atom stereocenters. The van der Waals surface area contributed by atoms with Gasteiger partial charge < -0.3 is 10.1 Å². The highest BCUT2D eigenvalue weighted by Gasteiger charge is 2.21. The number of hydrogen-bond acceptors (Lipinski definition) is 4. The van der Waals surface area contributed by atoms with Crippen LogP contribution in [0.2, 0.25) is 0 Å². The highest BCUT2D eigenvalue weighted by molar-refractivity contribution is 5.94. The van der Waals surface area contributed by atoms with Crippen LogP contribution >= 0.6 is 0 Å². The van der Waals surface area contributed by atoms with Crippen molar-refractivity contribution in [3.05, 3.63) is 48.3 Å². The first kappa shape index (κ1) is 16.7. The monoisotopic (exact) mass is 328 g/mol. The molecule has 0 spiro atoms. The second kappa shape index (κ2) is 7.59. The summed E-state index contributed by atoms with van der Waals surface area (Å²) in [5, 5.41) is 7.19. The van der Waals surface area contributed by atoms with E-state index in [0.29, 0.717) is 12.1 Å². The van der Waals surface area contributed by atoms with Crippen molar-refractivity contribution in [2.24, 2.45) is 0 Å². The van der Waals surface area contributed by atoms with Crippen LogP contribution in [-0.4, -0.2) is 59.0 Å². The van der Waals surface area contributed by atoms with Gasteiger partial charge in [0.15, 0.2) is 0 Å². The Bertz CT molecular complexity index is 661. The molecule has 24 heavy (non-hydrogen) atoms. The summed E-state index contributed by atoms with van der Waals surface area (Å²) in [6.07, 6.45) is 4.07. The number of morpholine rings is 1. The van der Waals surface area contributed by atoms with E-state index in [1.807, 2.05) is 36.5 Å². The summed E-state index contributed by atoms with van der Waals surface area (Å²) >= 11 is 0. The van der Waals surface area contributed by atoms with Gasteiger partial charge in [0.2, 0.25) is 0 Å². The van der Waals surface area contributed by atoms with Crippen molar-refractivity contribution < 1.29 is 9.53 Å². The van der Waals surface area contributed by atoms with Crippen molar-refractivity contribution in [3.63, 3.8) is 0 Å². The predicted octanol–water partition coefficient (Wildman–Crippen LogP) is 1.71. The van der Waals surface area contributed by atoms with Crippen molar-refractivity contribution in [2.75, 3.05) is 26.2 Å². The van der Waals surface area contributed by atoms with Gasteiger partial charge in [-0.2, -0.15) is 5.10 Å². The smallest absolute Gasteiger partial charge is 0.251 e. The number of carbonyl (C=O) groups excluding carboxylic acids is 1. The van der Waals surface area contributed by atoms with Crippen molar-refractivity contribution in [1.82, 2.24) is 20.0 Å². The Hall–Kier alpha value is -2.18. The molecule has 6 heteroatoms. The van der Waals surface area contributed by atoms with Crippen molar-refractivity contribution in [3.8, 4) is 5.69 Å². The van der Waals surface area contributed by atoms with Crippen LogP contribution < -0.4 is 5.32 Å².